The van der Waals surface area contributed by atoms with Gasteiger partial charge in [-0.15, -0.1) is 0 Å². The number of ether oxygens (including phenoxy) is 4. The van der Waals surface area contributed by atoms with E-state index >= 15 is 0 Å². The molecule has 0 aliphatic rings. The fraction of sp³-hybridized carbons (Fsp3) is 0.344. The molecule has 3 aromatic carbocycles. The Morgan fingerprint density at radius 1 is 0.825 bits per heavy atom. The monoisotopic (exact) mass is 562 g/mol. The quantitative estimate of drug-likeness (QED) is 0.143. The molecule has 1 aromatic heterocycles. The average Bonchev–Trinajstić information content (AvgIpc) is 3.33. The normalized spacial score (nSPS) is 11.9. The molecule has 0 bridgehead atoms. The first-order chi connectivity index (χ1) is 19.0. The van der Waals surface area contributed by atoms with Gasteiger partial charge in [0.1, 0.15) is 17.9 Å². The van der Waals surface area contributed by atoms with Gasteiger partial charge in [0.2, 0.25) is 0 Å². The molecule has 0 saturated heterocycles. The highest BCUT2D eigenvalue weighted by Crippen LogP contribution is 2.42. The van der Waals surface area contributed by atoms with E-state index in [4.69, 9.17) is 27.8 Å². The summed E-state index contributed by atoms with van der Waals surface area (Å²) in [6.07, 6.45) is 0. The third-order valence-corrected chi connectivity index (χ3v) is 12.0. The Kier molecular flexibility index (Phi) is 8.61. The zero-order valence-corrected chi connectivity index (χ0v) is 25.5. The van der Waals surface area contributed by atoms with E-state index in [2.05, 4.69) is 33.9 Å². The zero-order chi connectivity index (χ0) is 29.1. The molecule has 0 atom stereocenters. The summed E-state index contributed by atoms with van der Waals surface area (Å²) in [5.74, 6) is 1.45. The largest absolute Gasteiger partial charge is 0.493 e. The zero-order valence-electron chi connectivity index (χ0n) is 24.5. The van der Waals surface area contributed by atoms with Crippen LogP contribution in [-0.2, 0) is 22.4 Å². The molecule has 8 heteroatoms. The number of benzene rings is 3. The number of rotatable bonds is 10. The van der Waals surface area contributed by atoms with E-state index in [9.17, 15) is 4.79 Å². The van der Waals surface area contributed by atoms with Crippen molar-refractivity contribution in [1.82, 2.24) is 0 Å². The smallest absolute Gasteiger partial charge is 0.342 e. The van der Waals surface area contributed by atoms with Crippen LogP contribution in [0.15, 0.2) is 65.1 Å². The second-order valence-electron chi connectivity index (χ2n) is 11.2. The maximum atomic E-state index is 13.1. The molecule has 0 fully saturated rings. The first kappa shape index (κ1) is 29.2. The summed E-state index contributed by atoms with van der Waals surface area (Å²) in [7, 11) is 2.51. The van der Waals surface area contributed by atoms with E-state index in [1.165, 1.54) is 7.11 Å². The molecule has 7 nitrogen and oxygen atoms in total. The van der Waals surface area contributed by atoms with Gasteiger partial charge in [0, 0.05) is 10.9 Å². The molecule has 0 radical (unpaired) electrons. The number of hydrogen-bond acceptors (Lipinski definition) is 7. The molecule has 0 saturated carbocycles. The van der Waals surface area contributed by atoms with Crippen LogP contribution >= 0.6 is 0 Å². The number of furan rings is 1. The molecule has 0 unspecified atom stereocenters. The predicted octanol–water partition coefficient (Wildman–Crippen LogP) is 8.00. The van der Waals surface area contributed by atoms with E-state index in [0.29, 0.717) is 58.3 Å². The summed E-state index contributed by atoms with van der Waals surface area (Å²) in [6.45, 7) is 11.8. The van der Waals surface area contributed by atoms with Crippen LogP contribution in [0.2, 0.25) is 18.1 Å². The average molecular weight is 563 g/mol. The molecule has 0 N–H and O–H groups in total. The van der Waals surface area contributed by atoms with E-state index in [-0.39, 0.29) is 5.04 Å². The van der Waals surface area contributed by atoms with Crippen LogP contribution in [-0.4, -0.2) is 35.6 Å². The minimum atomic E-state index is -2.00. The van der Waals surface area contributed by atoms with Gasteiger partial charge in [-0.1, -0.05) is 51.1 Å². The second-order valence-corrected chi connectivity index (χ2v) is 16.0. The first-order valence-electron chi connectivity index (χ1n) is 13.2. The predicted molar refractivity (Wildman–Crippen MR) is 159 cm³/mol. The first-order valence-corrected chi connectivity index (χ1v) is 16.1. The lowest BCUT2D eigenvalue weighted by atomic mass is 10.0. The number of fused-ring (bicyclic) bond motifs is 1. The van der Waals surface area contributed by atoms with Gasteiger partial charge < -0.3 is 27.8 Å². The van der Waals surface area contributed by atoms with Crippen molar-refractivity contribution in [1.29, 1.82) is 0 Å². The van der Waals surface area contributed by atoms with Crippen molar-refractivity contribution in [2.45, 2.75) is 52.1 Å². The second kappa shape index (κ2) is 11.8. The van der Waals surface area contributed by atoms with E-state index in [1.54, 1.807) is 26.4 Å². The molecule has 0 spiro atoms. The van der Waals surface area contributed by atoms with Gasteiger partial charge in [-0.05, 0) is 59.6 Å². The highest BCUT2D eigenvalue weighted by Gasteiger charge is 2.37. The Morgan fingerprint density at radius 2 is 1.52 bits per heavy atom. The Bertz CT molecular complexity index is 1480. The number of hydrogen-bond donors (Lipinski definition) is 0. The minimum absolute atomic E-state index is 0.0667. The Balaban J connectivity index is 1.75. The lowest BCUT2D eigenvalue weighted by Crippen LogP contribution is -2.40. The van der Waals surface area contributed by atoms with Gasteiger partial charge in [0.05, 0.1) is 27.9 Å². The van der Waals surface area contributed by atoms with Crippen LogP contribution in [0, 0.1) is 0 Å². The third kappa shape index (κ3) is 6.03. The number of carbonyl (C=O) groups is 1. The van der Waals surface area contributed by atoms with Crippen molar-refractivity contribution >= 4 is 25.3 Å². The summed E-state index contributed by atoms with van der Waals surface area (Å²) >= 11 is 0. The van der Waals surface area contributed by atoms with E-state index in [0.717, 1.165) is 11.1 Å². The van der Waals surface area contributed by atoms with Gasteiger partial charge in [-0.3, -0.25) is 0 Å². The Hall–Kier alpha value is -3.75. The van der Waals surface area contributed by atoms with Gasteiger partial charge in [0.25, 0.3) is 0 Å². The van der Waals surface area contributed by atoms with Crippen molar-refractivity contribution in [3.05, 3.63) is 77.4 Å². The lowest BCUT2D eigenvalue weighted by Gasteiger charge is -2.36. The Labute approximate surface area is 237 Å². The van der Waals surface area contributed by atoms with Crippen LogP contribution in [0.25, 0.3) is 22.3 Å². The minimum Gasteiger partial charge on any atom is -0.493 e. The molecule has 40 heavy (non-hydrogen) atoms. The van der Waals surface area contributed by atoms with Crippen LogP contribution in [0.1, 0.15) is 42.3 Å². The van der Waals surface area contributed by atoms with Gasteiger partial charge in [-0.25, -0.2) is 4.79 Å². The topological polar surface area (TPSA) is 76.4 Å². The summed E-state index contributed by atoms with van der Waals surface area (Å²) in [6, 6.07) is 19.1. The lowest BCUT2D eigenvalue weighted by molar-refractivity contribution is 0.0603. The van der Waals surface area contributed by atoms with Crippen LogP contribution in [0.4, 0.5) is 0 Å². The molecular formula is C32H38O7Si. The number of methoxy groups -OCH3 is 3. The van der Waals surface area contributed by atoms with E-state index < -0.39 is 14.3 Å². The van der Waals surface area contributed by atoms with Crippen molar-refractivity contribution in [3.63, 3.8) is 0 Å². The fourth-order valence-electron chi connectivity index (χ4n) is 4.11. The molecule has 4 aromatic rings. The van der Waals surface area contributed by atoms with Gasteiger partial charge >= 0.3 is 5.97 Å². The molecule has 212 valence electrons. The molecule has 0 amide bonds. The highest BCUT2D eigenvalue weighted by atomic mass is 28.4. The van der Waals surface area contributed by atoms with Crippen molar-refractivity contribution in [2.75, 3.05) is 21.3 Å². The molecule has 4 rings (SSSR count). The van der Waals surface area contributed by atoms with Crippen molar-refractivity contribution < 1.29 is 32.6 Å². The standard InChI is InChI=1S/C32H38O7Si/c1-32(2,3)40(7,8)38-20-22-16-24-28(31(33)36-6)29(39-30(24)27(17-22)35-5)23-14-15-25(26(18-23)34-4)37-19-21-12-10-9-11-13-21/h9-18H,19-20H2,1-8H3. The van der Waals surface area contributed by atoms with Gasteiger partial charge in [0.15, 0.2) is 31.1 Å². The summed E-state index contributed by atoms with van der Waals surface area (Å²) in [5, 5.41) is 0.662. The van der Waals surface area contributed by atoms with E-state index in [1.807, 2.05) is 48.5 Å². The molecule has 1 heterocycles. The maximum absolute atomic E-state index is 13.1. The number of esters is 1. The fourth-order valence-corrected chi connectivity index (χ4v) is 5.07. The van der Waals surface area contributed by atoms with Crippen LogP contribution in [0.5, 0.6) is 17.2 Å². The van der Waals surface area contributed by atoms with Crippen LogP contribution < -0.4 is 14.2 Å². The van der Waals surface area contributed by atoms with Crippen molar-refractivity contribution in [2.24, 2.45) is 0 Å². The summed E-state index contributed by atoms with van der Waals surface area (Å²) in [5.41, 5.74) is 3.33. The summed E-state index contributed by atoms with van der Waals surface area (Å²) in [4.78, 5) is 13.1. The molecular weight excluding hydrogens is 524 g/mol. The Morgan fingerprint density at radius 3 is 2.15 bits per heavy atom. The van der Waals surface area contributed by atoms with Crippen LogP contribution in [0.3, 0.4) is 0 Å². The van der Waals surface area contributed by atoms with Crippen molar-refractivity contribution in [3.8, 4) is 28.6 Å². The van der Waals surface area contributed by atoms with Gasteiger partial charge in [-0.2, -0.15) is 0 Å². The maximum Gasteiger partial charge on any atom is 0.342 e. The highest BCUT2D eigenvalue weighted by molar-refractivity contribution is 6.74. The number of carbonyl (C=O) groups excluding carboxylic acids is 1. The molecule has 0 aliphatic carbocycles. The molecule has 0 aliphatic heterocycles. The summed E-state index contributed by atoms with van der Waals surface area (Å²) < 4.78 is 35.3. The third-order valence-electron chi connectivity index (χ3n) is 7.49. The SMILES string of the molecule is COC(=O)c1c(-c2ccc(OCc3ccccc3)c(OC)c2)oc2c(OC)cc(CO[Si](C)(C)C(C)(C)C)cc12.